The first-order valence-corrected chi connectivity index (χ1v) is 10.4. The number of piperidine rings is 1. The second kappa shape index (κ2) is 8.75. The zero-order valence-corrected chi connectivity index (χ0v) is 16.4. The first-order valence-electron chi connectivity index (χ1n) is 10.4. The summed E-state index contributed by atoms with van der Waals surface area (Å²) >= 11 is 0. The van der Waals surface area contributed by atoms with Gasteiger partial charge in [-0.25, -0.2) is 8.78 Å². The van der Waals surface area contributed by atoms with E-state index in [9.17, 15) is 18.4 Å². The van der Waals surface area contributed by atoms with Crippen molar-refractivity contribution >= 4 is 11.8 Å². The SMILES string of the molecule is O=C(NCC1CN(C2CCN(C3CCC3)CC2)C(=O)CO1)c1cc(F)ccc1F. The lowest BCUT2D eigenvalue weighted by Crippen LogP contribution is -2.57. The average molecular weight is 407 g/mol. The molecule has 3 fully saturated rings. The predicted molar refractivity (Wildman–Crippen MR) is 102 cm³/mol. The Balaban J connectivity index is 1.29. The topological polar surface area (TPSA) is 61.9 Å². The van der Waals surface area contributed by atoms with E-state index >= 15 is 0 Å². The maximum absolute atomic E-state index is 13.7. The third kappa shape index (κ3) is 4.59. The van der Waals surface area contributed by atoms with Crippen LogP contribution in [0.25, 0.3) is 0 Å². The van der Waals surface area contributed by atoms with E-state index in [4.69, 9.17) is 4.74 Å². The van der Waals surface area contributed by atoms with Crippen LogP contribution in [-0.2, 0) is 9.53 Å². The number of likely N-dealkylation sites (tertiary alicyclic amines) is 1. The number of rotatable bonds is 5. The van der Waals surface area contributed by atoms with Crippen LogP contribution in [-0.4, -0.2) is 72.6 Å². The third-order valence-corrected chi connectivity index (χ3v) is 6.36. The standard InChI is InChI=1S/C21H27F2N3O3/c22-14-4-5-19(23)18(10-14)21(28)24-11-17-12-26(20(27)13-29-17)16-6-8-25(9-7-16)15-2-1-3-15/h4-5,10,15-17H,1-3,6-9,11-13H2,(H,24,28). The maximum Gasteiger partial charge on any atom is 0.254 e. The number of hydrogen-bond donors (Lipinski definition) is 1. The minimum atomic E-state index is -0.775. The summed E-state index contributed by atoms with van der Waals surface area (Å²) in [5, 5.41) is 2.60. The summed E-state index contributed by atoms with van der Waals surface area (Å²) in [6, 6.07) is 3.69. The second-order valence-electron chi connectivity index (χ2n) is 8.17. The third-order valence-electron chi connectivity index (χ3n) is 6.36. The zero-order chi connectivity index (χ0) is 20.4. The number of amides is 2. The van der Waals surface area contributed by atoms with Crippen LogP contribution in [0.3, 0.4) is 0 Å². The van der Waals surface area contributed by atoms with E-state index in [1.807, 2.05) is 4.90 Å². The lowest BCUT2D eigenvalue weighted by Gasteiger charge is -2.45. The molecule has 6 nitrogen and oxygen atoms in total. The summed E-state index contributed by atoms with van der Waals surface area (Å²) < 4.78 is 32.6. The Morgan fingerprint density at radius 2 is 1.90 bits per heavy atom. The molecule has 8 heteroatoms. The Morgan fingerprint density at radius 3 is 2.59 bits per heavy atom. The minimum absolute atomic E-state index is 0.0162. The highest BCUT2D eigenvalue weighted by atomic mass is 19.1. The Hall–Kier alpha value is -2.06. The molecule has 4 rings (SSSR count). The van der Waals surface area contributed by atoms with Crippen molar-refractivity contribution in [3.63, 3.8) is 0 Å². The van der Waals surface area contributed by atoms with Gasteiger partial charge < -0.3 is 19.9 Å². The highest BCUT2D eigenvalue weighted by Crippen LogP contribution is 2.29. The monoisotopic (exact) mass is 407 g/mol. The van der Waals surface area contributed by atoms with Crippen molar-refractivity contribution in [2.45, 2.75) is 50.3 Å². The van der Waals surface area contributed by atoms with E-state index in [-0.39, 0.29) is 36.8 Å². The van der Waals surface area contributed by atoms with Gasteiger partial charge in [0, 0.05) is 38.3 Å². The van der Waals surface area contributed by atoms with Gasteiger partial charge in [-0.1, -0.05) is 6.42 Å². The molecule has 0 spiro atoms. The number of benzene rings is 1. The van der Waals surface area contributed by atoms with Crippen molar-refractivity contribution in [2.75, 3.05) is 32.8 Å². The minimum Gasteiger partial charge on any atom is -0.365 e. The van der Waals surface area contributed by atoms with Gasteiger partial charge in [-0.3, -0.25) is 9.59 Å². The molecule has 2 amide bonds. The molecule has 2 heterocycles. The number of hydrogen-bond acceptors (Lipinski definition) is 4. The number of carbonyl (C=O) groups is 2. The van der Waals surface area contributed by atoms with Gasteiger partial charge in [-0.05, 0) is 43.9 Å². The van der Waals surface area contributed by atoms with Crippen LogP contribution in [0.2, 0.25) is 0 Å². The number of carbonyl (C=O) groups excluding carboxylic acids is 2. The van der Waals surface area contributed by atoms with E-state index in [0.717, 1.165) is 50.2 Å². The molecule has 1 N–H and O–H groups in total. The van der Waals surface area contributed by atoms with E-state index in [1.54, 1.807) is 0 Å². The van der Waals surface area contributed by atoms with Gasteiger partial charge in [-0.2, -0.15) is 0 Å². The lowest BCUT2D eigenvalue weighted by atomic mass is 9.89. The van der Waals surface area contributed by atoms with Gasteiger partial charge in [0.25, 0.3) is 5.91 Å². The number of ether oxygens (including phenoxy) is 1. The Labute approximate surface area is 169 Å². The van der Waals surface area contributed by atoms with Crippen molar-refractivity contribution < 1.29 is 23.1 Å². The number of nitrogens with zero attached hydrogens (tertiary/aromatic N) is 2. The Kier molecular flexibility index (Phi) is 6.10. The van der Waals surface area contributed by atoms with Crippen LogP contribution in [0, 0.1) is 11.6 Å². The van der Waals surface area contributed by atoms with Crippen LogP contribution in [0.5, 0.6) is 0 Å². The lowest BCUT2D eigenvalue weighted by molar-refractivity contribution is -0.153. The number of nitrogens with one attached hydrogen (secondary N) is 1. The van der Waals surface area contributed by atoms with Gasteiger partial charge in [0.05, 0.1) is 11.7 Å². The van der Waals surface area contributed by atoms with Crippen molar-refractivity contribution in [1.29, 1.82) is 0 Å². The highest BCUT2D eigenvalue weighted by molar-refractivity contribution is 5.94. The molecule has 3 aliphatic rings. The van der Waals surface area contributed by atoms with E-state index in [1.165, 1.54) is 19.3 Å². The van der Waals surface area contributed by atoms with Gasteiger partial charge in [0.2, 0.25) is 5.91 Å². The maximum atomic E-state index is 13.7. The molecular weight excluding hydrogens is 380 g/mol. The van der Waals surface area contributed by atoms with Gasteiger partial charge in [0.1, 0.15) is 18.2 Å². The van der Waals surface area contributed by atoms with Crippen LogP contribution in [0.4, 0.5) is 8.78 Å². The van der Waals surface area contributed by atoms with E-state index < -0.39 is 17.5 Å². The summed E-state index contributed by atoms with van der Waals surface area (Å²) in [6.45, 7) is 2.55. The van der Waals surface area contributed by atoms with E-state index in [2.05, 4.69) is 10.2 Å². The molecule has 0 radical (unpaired) electrons. The summed E-state index contributed by atoms with van der Waals surface area (Å²) in [4.78, 5) is 29.0. The number of morpholine rings is 1. The van der Waals surface area contributed by atoms with Crippen LogP contribution in [0.15, 0.2) is 18.2 Å². The Bertz CT molecular complexity index is 764. The molecule has 29 heavy (non-hydrogen) atoms. The van der Waals surface area contributed by atoms with E-state index in [0.29, 0.717) is 6.54 Å². The molecule has 1 aromatic rings. The molecular formula is C21H27F2N3O3. The van der Waals surface area contributed by atoms with Crippen molar-refractivity contribution in [1.82, 2.24) is 15.1 Å². The van der Waals surface area contributed by atoms with Crippen LogP contribution in [0.1, 0.15) is 42.5 Å². The fourth-order valence-corrected chi connectivity index (χ4v) is 4.41. The Morgan fingerprint density at radius 1 is 1.14 bits per heavy atom. The zero-order valence-electron chi connectivity index (χ0n) is 16.4. The predicted octanol–water partition coefficient (Wildman–Crippen LogP) is 1.94. The normalized spacial score (nSPS) is 24.4. The summed E-state index contributed by atoms with van der Waals surface area (Å²) in [6.07, 6.45) is 5.44. The summed E-state index contributed by atoms with van der Waals surface area (Å²) in [7, 11) is 0. The molecule has 0 aromatic heterocycles. The van der Waals surface area contributed by atoms with Gasteiger partial charge >= 0.3 is 0 Å². The van der Waals surface area contributed by atoms with Crippen LogP contribution >= 0.6 is 0 Å². The fourth-order valence-electron chi connectivity index (χ4n) is 4.41. The molecule has 2 aliphatic heterocycles. The first kappa shape index (κ1) is 20.2. The second-order valence-corrected chi connectivity index (χ2v) is 8.17. The molecule has 158 valence electrons. The van der Waals surface area contributed by atoms with Gasteiger partial charge in [-0.15, -0.1) is 0 Å². The number of halogens is 2. The van der Waals surface area contributed by atoms with Crippen molar-refractivity contribution in [3.05, 3.63) is 35.4 Å². The van der Waals surface area contributed by atoms with Crippen molar-refractivity contribution in [3.8, 4) is 0 Å². The first-order chi connectivity index (χ1) is 14.0. The molecule has 1 unspecified atom stereocenters. The quantitative estimate of drug-likeness (QED) is 0.811. The molecule has 1 aromatic carbocycles. The molecule has 1 atom stereocenters. The molecule has 1 aliphatic carbocycles. The fraction of sp³-hybridized carbons (Fsp3) is 0.619. The smallest absolute Gasteiger partial charge is 0.254 e. The molecule has 1 saturated carbocycles. The summed E-state index contributed by atoms with van der Waals surface area (Å²) in [5.74, 6) is -2.16. The molecule has 2 saturated heterocycles. The average Bonchev–Trinajstić information content (AvgIpc) is 2.68. The summed E-state index contributed by atoms with van der Waals surface area (Å²) in [5.41, 5.74) is -0.336. The van der Waals surface area contributed by atoms with Crippen molar-refractivity contribution in [2.24, 2.45) is 0 Å². The largest absolute Gasteiger partial charge is 0.365 e. The highest BCUT2D eigenvalue weighted by Gasteiger charge is 2.35. The van der Waals surface area contributed by atoms with Gasteiger partial charge in [0.15, 0.2) is 0 Å². The molecule has 0 bridgehead atoms. The van der Waals surface area contributed by atoms with Crippen LogP contribution < -0.4 is 5.32 Å².